The fraction of sp³-hybridized carbons (Fsp3) is 0.235. The Labute approximate surface area is 124 Å². The molecule has 0 aliphatic heterocycles. The van der Waals surface area contributed by atoms with Crippen molar-refractivity contribution in [2.75, 3.05) is 6.54 Å². The number of phenols is 1. The minimum atomic E-state index is -0.691. The number of phenolic OH excluding ortho intramolecular Hbond substituents is 1. The maximum Gasteiger partial charge on any atom is 0.220 e. The predicted octanol–water partition coefficient (Wildman–Crippen LogP) is 2.17. The zero-order valence-corrected chi connectivity index (χ0v) is 11.7. The molecule has 21 heavy (non-hydrogen) atoms. The van der Waals surface area contributed by atoms with Gasteiger partial charge in [0.25, 0.3) is 0 Å². The van der Waals surface area contributed by atoms with E-state index in [2.05, 4.69) is 5.32 Å². The number of benzene rings is 2. The third kappa shape index (κ3) is 4.93. The number of aromatic hydroxyl groups is 1. The topological polar surface area (TPSA) is 69.6 Å². The van der Waals surface area contributed by atoms with Crippen LogP contribution in [0.3, 0.4) is 0 Å². The lowest BCUT2D eigenvalue weighted by atomic mass is 10.1. The number of carbonyl (C=O) groups is 1. The van der Waals surface area contributed by atoms with Crippen molar-refractivity contribution in [2.45, 2.75) is 18.9 Å². The van der Waals surface area contributed by atoms with Crippen LogP contribution in [0, 0.1) is 0 Å². The van der Waals surface area contributed by atoms with Crippen LogP contribution in [-0.2, 0) is 11.2 Å². The first-order valence-corrected chi connectivity index (χ1v) is 6.93. The number of nitrogens with one attached hydrogen (secondary N) is 1. The third-order valence-corrected chi connectivity index (χ3v) is 3.25. The Morgan fingerprint density at radius 3 is 2.38 bits per heavy atom. The normalized spacial score (nSPS) is 11.9. The van der Waals surface area contributed by atoms with Crippen molar-refractivity contribution in [2.24, 2.45) is 0 Å². The summed E-state index contributed by atoms with van der Waals surface area (Å²) in [6.45, 7) is 0.207. The van der Waals surface area contributed by atoms with Gasteiger partial charge in [-0.25, -0.2) is 0 Å². The number of amides is 1. The molecule has 1 amide bonds. The van der Waals surface area contributed by atoms with Crippen LogP contribution < -0.4 is 5.32 Å². The highest BCUT2D eigenvalue weighted by Crippen LogP contribution is 2.12. The van der Waals surface area contributed by atoms with Gasteiger partial charge in [-0.1, -0.05) is 42.5 Å². The van der Waals surface area contributed by atoms with Gasteiger partial charge in [-0.15, -0.1) is 0 Å². The molecule has 4 nitrogen and oxygen atoms in total. The average Bonchev–Trinajstić information content (AvgIpc) is 2.53. The molecule has 0 aliphatic rings. The van der Waals surface area contributed by atoms with Crippen LogP contribution in [0.5, 0.6) is 5.75 Å². The number of aliphatic hydroxyl groups excluding tert-OH is 1. The molecular weight excluding hydrogens is 266 g/mol. The van der Waals surface area contributed by atoms with Gasteiger partial charge in [-0.2, -0.15) is 0 Å². The highest BCUT2D eigenvalue weighted by atomic mass is 16.3. The van der Waals surface area contributed by atoms with Crippen molar-refractivity contribution in [3.63, 3.8) is 0 Å². The van der Waals surface area contributed by atoms with Crippen LogP contribution in [-0.4, -0.2) is 22.7 Å². The first-order valence-electron chi connectivity index (χ1n) is 6.93. The van der Waals surface area contributed by atoms with Gasteiger partial charge in [-0.3, -0.25) is 4.79 Å². The van der Waals surface area contributed by atoms with Crippen molar-refractivity contribution in [3.8, 4) is 5.75 Å². The molecular formula is C17H19NO3. The van der Waals surface area contributed by atoms with Gasteiger partial charge in [0.05, 0.1) is 6.10 Å². The SMILES string of the molecule is O=C(CCc1ccc(O)cc1)NCC(O)c1ccccc1. The van der Waals surface area contributed by atoms with Gasteiger partial charge < -0.3 is 15.5 Å². The molecule has 2 aromatic carbocycles. The number of aryl methyl sites for hydroxylation is 1. The maximum absolute atomic E-state index is 11.7. The van der Waals surface area contributed by atoms with E-state index in [0.29, 0.717) is 12.8 Å². The molecule has 4 heteroatoms. The number of carbonyl (C=O) groups excluding carboxylic acids is 1. The molecule has 0 fully saturated rings. The molecule has 0 saturated heterocycles. The Hall–Kier alpha value is -2.33. The number of rotatable bonds is 6. The quantitative estimate of drug-likeness (QED) is 0.762. The zero-order valence-electron chi connectivity index (χ0n) is 11.7. The molecule has 0 heterocycles. The fourth-order valence-corrected chi connectivity index (χ4v) is 2.01. The average molecular weight is 285 g/mol. The van der Waals surface area contributed by atoms with E-state index in [1.54, 1.807) is 24.3 Å². The Balaban J connectivity index is 1.73. The van der Waals surface area contributed by atoms with Crippen molar-refractivity contribution in [1.82, 2.24) is 5.32 Å². The second-order valence-electron chi connectivity index (χ2n) is 4.90. The van der Waals surface area contributed by atoms with Crippen LogP contribution in [0.25, 0.3) is 0 Å². The lowest BCUT2D eigenvalue weighted by Gasteiger charge is -2.12. The lowest BCUT2D eigenvalue weighted by molar-refractivity contribution is -0.121. The summed E-state index contributed by atoms with van der Waals surface area (Å²) in [7, 11) is 0. The molecule has 2 rings (SSSR count). The first kappa shape index (κ1) is 15.1. The molecule has 0 spiro atoms. The molecule has 110 valence electrons. The molecule has 0 aromatic heterocycles. The predicted molar refractivity (Wildman–Crippen MR) is 80.8 cm³/mol. The van der Waals surface area contributed by atoms with Gasteiger partial charge in [0.2, 0.25) is 5.91 Å². The van der Waals surface area contributed by atoms with E-state index < -0.39 is 6.10 Å². The van der Waals surface area contributed by atoms with Crippen LogP contribution >= 0.6 is 0 Å². The standard InChI is InChI=1S/C17H19NO3/c19-15-9-6-13(7-10-15)8-11-17(21)18-12-16(20)14-4-2-1-3-5-14/h1-7,9-10,16,19-20H,8,11-12H2,(H,18,21). The number of aliphatic hydroxyl groups is 1. The molecule has 0 bridgehead atoms. The number of hydrogen-bond donors (Lipinski definition) is 3. The Bertz CT molecular complexity index is 566. The van der Waals surface area contributed by atoms with Gasteiger partial charge in [0, 0.05) is 13.0 Å². The zero-order chi connectivity index (χ0) is 15.1. The van der Waals surface area contributed by atoms with Gasteiger partial charge >= 0.3 is 0 Å². The van der Waals surface area contributed by atoms with Gasteiger partial charge in [0.15, 0.2) is 0 Å². The van der Waals surface area contributed by atoms with Crippen LogP contribution in [0.15, 0.2) is 54.6 Å². The summed E-state index contributed by atoms with van der Waals surface area (Å²) in [5.41, 5.74) is 1.78. The molecule has 3 N–H and O–H groups in total. The molecule has 0 radical (unpaired) electrons. The third-order valence-electron chi connectivity index (χ3n) is 3.25. The monoisotopic (exact) mass is 285 g/mol. The van der Waals surface area contributed by atoms with E-state index in [1.165, 1.54) is 0 Å². The summed E-state index contributed by atoms with van der Waals surface area (Å²) in [6, 6.07) is 16.0. The Morgan fingerprint density at radius 2 is 1.71 bits per heavy atom. The van der Waals surface area contributed by atoms with Crippen LogP contribution in [0.4, 0.5) is 0 Å². The highest BCUT2D eigenvalue weighted by molar-refractivity contribution is 5.76. The largest absolute Gasteiger partial charge is 0.508 e. The van der Waals surface area contributed by atoms with Gasteiger partial charge in [0.1, 0.15) is 5.75 Å². The van der Waals surface area contributed by atoms with Crippen molar-refractivity contribution < 1.29 is 15.0 Å². The Kier molecular flexibility index (Phi) is 5.35. The van der Waals surface area contributed by atoms with Crippen molar-refractivity contribution in [3.05, 3.63) is 65.7 Å². The summed E-state index contributed by atoms with van der Waals surface area (Å²) in [5, 5.41) is 21.8. The van der Waals surface area contributed by atoms with E-state index >= 15 is 0 Å². The Morgan fingerprint density at radius 1 is 1.05 bits per heavy atom. The molecule has 1 unspecified atom stereocenters. The fourth-order valence-electron chi connectivity index (χ4n) is 2.01. The van der Waals surface area contributed by atoms with Crippen molar-refractivity contribution in [1.29, 1.82) is 0 Å². The molecule has 1 atom stereocenters. The van der Waals surface area contributed by atoms with E-state index in [4.69, 9.17) is 0 Å². The number of hydrogen-bond acceptors (Lipinski definition) is 3. The second-order valence-corrected chi connectivity index (χ2v) is 4.90. The first-order chi connectivity index (χ1) is 10.1. The summed E-state index contributed by atoms with van der Waals surface area (Å²) < 4.78 is 0. The second kappa shape index (κ2) is 7.45. The van der Waals surface area contributed by atoms with Crippen LogP contribution in [0.1, 0.15) is 23.7 Å². The molecule has 2 aromatic rings. The van der Waals surface area contributed by atoms with Gasteiger partial charge in [-0.05, 0) is 29.7 Å². The summed E-state index contributed by atoms with van der Waals surface area (Å²) >= 11 is 0. The smallest absolute Gasteiger partial charge is 0.220 e. The minimum absolute atomic E-state index is 0.0990. The summed E-state index contributed by atoms with van der Waals surface area (Å²) in [6.07, 6.45) is 0.267. The van der Waals surface area contributed by atoms with E-state index in [0.717, 1.165) is 11.1 Å². The highest BCUT2D eigenvalue weighted by Gasteiger charge is 2.09. The van der Waals surface area contributed by atoms with E-state index in [9.17, 15) is 15.0 Å². The van der Waals surface area contributed by atoms with E-state index in [1.807, 2.05) is 30.3 Å². The summed E-state index contributed by atoms with van der Waals surface area (Å²) in [5.74, 6) is 0.118. The summed E-state index contributed by atoms with van der Waals surface area (Å²) in [4.78, 5) is 11.7. The maximum atomic E-state index is 11.7. The van der Waals surface area contributed by atoms with Crippen molar-refractivity contribution >= 4 is 5.91 Å². The lowest BCUT2D eigenvalue weighted by Crippen LogP contribution is -2.28. The molecule has 0 aliphatic carbocycles. The van der Waals surface area contributed by atoms with Crippen LogP contribution in [0.2, 0.25) is 0 Å². The minimum Gasteiger partial charge on any atom is -0.508 e. The molecule has 0 saturated carbocycles. The van der Waals surface area contributed by atoms with E-state index in [-0.39, 0.29) is 18.2 Å².